The Balaban J connectivity index is 2.89. The van der Waals surface area contributed by atoms with Gasteiger partial charge >= 0.3 is 0 Å². The number of hydrogen-bond donors (Lipinski definition) is 2. The molecular weight excluding hydrogens is 168 g/mol. The van der Waals surface area contributed by atoms with Crippen LogP contribution < -0.4 is 0 Å². The highest BCUT2D eigenvalue weighted by atomic mass is 16.3. The molecule has 0 aromatic heterocycles. The van der Waals surface area contributed by atoms with Crippen molar-refractivity contribution < 1.29 is 15.0 Å². The maximum Gasteiger partial charge on any atom is 0.158 e. The van der Waals surface area contributed by atoms with Gasteiger partial charge in [-0.2, -0.15) is 0 Å². The Morgan fingerprint density at radius 1 is 1.54 bits per heavy atom. The zero-order valence-electron chi connectivity index (χ0n) is 8.24. The average molecular weight is 184 g/mol. The second-order valence-corrected chi connectivity index (χ2v) is 4.23. The topological polar surface area (TPSA) is 57.5 Å². The number of aliphatic hydroxyl groups is 2. The van der Waals surface area contributed by atoms with Crippen molar-refractivity contribution in [3.63, 3.8) is 0 Å². The predicted octanol–water partition coefficient (Wildman–Crippen LogP) is 0.653. The normalized spacial score (nSPS) is 30.2. The Morgan fingerprint density at radius 3 is 2.54 bits per heavy atom. The molecule has 0 aromatic carbocycles. The quantitative estimate of drug-likeness (QED) is 0.629. The monoisotopic (exact) mass is 184 g/mol. The maximum atomic E-state index is 11.3. The van der Waals surface area contributed by atoms with Gasteiger partial charge in [-0.05, 0) is 32.4 Å². The van der Waals surface area contributed by atoms with E-state index >= 15 is 0 Å². The third-order valence-electron chi connectivity index (χ3n) is 2.59. The van der Waals surface area contributed by atoms with Crippen molar-refractivity contribution in [3.8, 4) is 0 Å². The van der Waals surface area contributed by atoms with Crippen molar-refractivity contribution >= 4 is 5.78 Å². The van der Waals surface area contributed by atoms with Gasteiger partial charge in [-0.1, -0.05) is 0 Å². The van der Waals surface area contributed by atoms with Crippen LogP contribution in [0.25, 0.3) is 0 Å². The van der Waals surface area contributed by atoms with Crippen LogP contribution in [0.1, 0.15) is 27.2 Å². The molecule has 0 amide bonds. The zero-order valence-corrected chi connectivity index (χ0v) is 8.24. The van der Waals surface area contributed by atoms with E-state index in [2.05, 4.69) is 0 Å². The predicted molar refractivity (Wildman–Crippen MR) is 49.2 cm³/mol. The maximum absolute atomic E-state index is 11.3. The van der Waals surface area contributed by atoms with Gasteiger partial charge in [0.2, 0.25) is 0 Å². The molecule has 0 fully saturated rings. The standard InChI is InChI=1S/C10H16O3/c1-6-4-9(12)7(5-8(6)11)10(2,3)13/h4,7,9,12-13H,5H2,1-3H3/t7-,9-/m1/s1. The third kappa shape index (κ3) is 2.17. The SMILES string of the molecule is CC1=C[C@@H](O)[C@H](C(C)(C)O)CC1=O. The number of carbonyl (C=O) groups excluding carboxylic acids is 1. The van der Waals surface area contributed by atoms with Crippen LogP contribution in [0.15, 0.2) is 11.6 Å². The molecule has 0 aromatic rings. The number of allylic oxidation sites excluding steroid dienone is 1. The first kappa shape index (κ1) is 10.4. The highest BCUT2D eigenvalue weighted by Gasteiger charge is 2.36. The van der Waals surface area contributed by atoms with Gasteiger partial charge in [0.05, 0.1) is 11.7 Å². The summed E-state index contributed by atoms with van der Waals surface area (Å²) in [4.78, 5) is 11.3. The van der Waals surface area contributed by atoms with Gasteiger partial charge in [0, 0.05) is 12.3 Å². The van der Waals surface area contributed by atoms with Crippen molar-refractivity contribution in [2.45, 2.75) is 38.9 Å². The van der Waals surface area contributed by atoms with Gasteiger partial charge in [-0.3, -0.25) is 4.79 Å². The molecule has 3 nitrogen and oxygen atoms in total. The number of carbonyl (C=O) groups is 1. The molecule has 0 radical (unpaired) electrons. The summed E-state index contributed by atoms with van der Waals surface area (Å²) in [5.74, 6) is -0.374. The second kappa shape index (κ2) is 3.24. The van der Waals surface area contributed by atoms with Crippen molar-refractivity contribution in [3.05, 3.63) is 11.6 Å². The molecule has 0 saturated heterocycles. The summed E-state index contributed by atoms with van der Waals surface area (Å²) in [5, 5.41) is 19.3. The number of rotatable bonds is 1. The largest absolute Gasteiger partial charge is 0.390 e. The molecule has 0 heterocycles. The molecule has 1 rings (SSSR count). The van der Waals surface area contributed by atoms with Gasteiger partial charge < -0.3 is 10.2 Å². The van der Waals surface area contributed by atoms with Crippen LogP contribution in [0, 0.1) is 5.92 Å². The summed E-state index contributed by atoms with van der Waals surface area (Å²) in [6.07, 6.45) is 1.04. The van der Waals surface area contributed by atoms with Gasteiger partial charge in [-0.15, -0.1) is 0 Å². The van der Waals surface area contributed by atoms with Gasteiger partial charge in [0.15, 0.2) is 5.78 Å². The minimum absolute atomic E-state index is 0.0115. The Morgan fingerprint density at radius 2 is 2.08 bits per heavy atom. The van der Waals surface area contributed by atoms with Crippen LogP contribution in [0.4, 0.5) is 0 Å². The highest BCUT2D eigenvalue weighted by molar-refractivity contribution is 5.96. The number of ketones is 1. The molecule has 3 heteroatoms. The highest BCUT2D eigenvalue weighted by Crippen LogP contribution is 2.29. The first-order chi connectivity index (χ1) is 5.82. The van der Waals surface area contributed by atoms with Crippen molar-refractivity contribution in [1.29, 1.82) is 0 Å². The van der Waals surface area contributed by atoms with E-state index in [1.165, 1.54) is 6.08 Å². The van der Waals surface area contributed by atoms with E-state index in [0.29, 0.717) is 5.57 Å². The molecule has 74 valence electrons. The van der Waals surface area contributed by atoms with Crippen molar-refractivity contribution in [2.75, 3.05) is 0 Å². The minimum atomic E-state index is -1.01. The van der Waals surface area contributed by atoms with E-state index in [-0.39, 0.29) is 18.1 Å². The fourth-order valence-electron chi connectivity index (χ4n) is 1.61. The summed E-state index contributed by atoms with van der Waals surface area (Å²) in [6, 6.07) is 0. The summed E-state index contributed by atoms with van der Waals surface area (Å²) in [7, 11) is 0. The zero-order chi connectivity index (χ0) is 10.2. The first-order valence-electron chi connectivity index (χ1n) is 4.44. The Kier molecular flexibility index (Phi) is 2.59. The van der Waals surface area contributed by atoms with Gasteiger partial charge in [-0.25, -0.2) is 0 Å². The van der Waals surface area contributed by atoms with Crippen LogP contribution >= 0.6 is 0 Å². The molecular formula is C10H16O3. The Labute approximate surface area is 78.1 Å². The van der Waals surface area contributed by atoms with E-state index in [9.17, 15) is 15.0 Å². The van der Waals surface area contributed by atoms with Crippen LogP contribution in [0.3, 0.4) is 0 Å². The lowest BCUT2D eigenvalue weighted by Crippen LogP contribution is -2.42. The molecule has 0 unspecified atom stereocenters. The third-order valence-corrected chi connectivity index (χ3v) is 2.59. The lowest BCUT2D eigenvalue weighted by atomic mass is 9.77. The summed E-state index contributed by atoms with van der Waals surface area (Å²) >= 11 is 0. The molecule has 1 aliphatic carbocycles. The molecule has 0 bridgehead atoms. The lowest BCUT2D eigenvalue weighted by Gasteiger charge is -2.34. The Hall–Kier alpha value is -0.670. The van der Waals surface area contributed by atoms with Crippen molar-refractivity contribution in [2.24, 2.45) is 5.92 Å². The minimum Gasteiger partial charge on any atom is -0.390 e. The molecule has 13 heavy (non-hydrogen) atoms. The fraction of sp³-hybridized carbons (Fsp3) is 0.700. The smallest absolute Gasteiger partial charge is 0.158 e. The van der Waals surface area contributed by atoms with E-state index < -0.39 is 11.7 Å². The molecule has 0 spiro atoms. The molecule has 1 aliphatic rings. The van der Waals surface area contributed by atoms with Crippen LogP contribution in [0.5, 0.6) is 0 Å². The summed E-state index contributed by atoms with van der Waals surface area (Å²) in [5.41, 5.74) is -0.417. The number of aliphatic hydroxyl groups excluding tert-OH is 1. The molecule has 0 saturated carbocycles. The molecule has 0 aliphatic heterocycles. The summed E-state index contributed by atoms with van der Waals surface area (Å²) in [6.45, 7) is 4.91. The van der Waals surface area contributed by atoms with E-state index in [1.54, 1.807) is 20.8 Å². The number of hydrogen-bond acceptors (Lipinski definition) is 3. The molecule has 2 N–H and O–H groups in total. The first-order valence-corrected chi connectivity index (χ1v) is 4.44. The fourth-order valence-corrected chi connectivity index (χ4v) is 1.61. The Bertz CT molecular complexity index is 247. The van der Waals surface area contributed by atoms with E-state index in [0.717, 1.165) is 0 Å². The van der Waals surface area contributed by atoms with Crippen molar-refractivity contribution in [1.82, 2.24) is 0 Å². The van der Waals surface area contributed by atoms with E-state index in [1.807, 2.05) is 0 Å². The number of Topliss-reactive ketones (excluding diaryl/α,β-unsaturated/α-hetero) is 1. The second-order valence-electron chi connectivity index (χ2n) is 4.23. The summed E-state index contributed by atoms with van der Waals surface area (Å²) < 4.78 is 0. The van der Waals surface area contributed by atoms with Crippen LogP contribution in [-0.2, 0) is 4.79 Å². The van der Waals surface area contributed by atoms with Gasteiger partial charge in [0.25, 0.3) is 0 Å². The van der Waals surface area contributed by atoms with E-state index in [4.69, 9.17) is 0 Å². The average Bonchev–Trinajstić information content (AvgIpc) is 1.94. The van der Waals surface area contributed by atoms with Crippen LogP contribution in [0.2, 0.25) is 0 Å². The van der Waals surface area contributed by atoms with Crippen LogP contribution in [-0.4, -0.2) is 27.7 Å². The van der Waals surface area contributed by atoms with Gasteiger partial charge in [0.1, 0.15) is 0 Å². The lowest BCUT2D eigenvalue weighted by molar-refractivity contribution is -0.122. The molecule has 2 atom stereocenters.